The summed E-state index contributed by atoms with van der Waals surface area (Å²) in [6.07, 6.45) is 3.29. The summed E-state index contributed by atoms with van der Waals surface area (Å²) in [5, 5.41) is 15.4. The summed E-state index contributed by atoms with van der Waals surface area (Å²) in [6, 6.07) is 7.81. The van der Waals surface area contributed by atoms with Gasteiger partial charge in [0.1, 0.15) is 10.8 Å². The molecule has 0 spiro atoms. The molecule has 1 saturated carbocycles. The van der Waals surface area contributed by atoms with Crippen LogP contribution in [0, 0.1) is 5.92 Å². The zero-order chi connectivity index (χ0) is 15.6. The van der Waals surface area contributed by atoms with Crippen LogP contribution in [-0.4, -0.2) is 29.4 Å². The van der Waals surface area contributed by atoms with Gasteiger partial charge >= 0.3 is 6.03 Å². The predicted molar refractivity (Wildman–Crippen MR) is 88.0 cm³/mol. The van der Waals surface area contributed by atoms with Gasteiger partial charge in [0.05, 0.1) is 6.61 Å². The topological polar surface area (TPSA) is 76.1 Å². The first-order valence-electron chi connectivity index (χ1n) is 7.87. The molecule has 2 aromatic rings. The molecular formula is C16H18N4O2S. The lowest BCUT2D eigenvalue weighted by Gasteiger charge is -2.25. The summed E-state index contributed by atoms with van der Waals surface area (Å²) in [4.78, 5) is 12.0. The normalized spacial score (nSPS) is 19.6. The van der Waals surface area contributed by atoms with Gasteiger partial charge in [0.25, 0.3) is 0 Å². The van der Waals surface area contributed by atoms with Crippen LogP contribution in [0.1, 0.15) is 29.3 Å². The van der Waals surface area contributed by atoms with Gasteiger partial charge < -0.3 is 10.1 Å². The number of benzene rings is 1. The Kier molecular flexibility index (Phi) is 3.87. The van der Waals surface area contributed by atoms with Crippen LogP contribution < -0.4 is 15.4 Å². The molecule has 0 unspecified atom stereocenters. The maximum Gasteiger partial charge on any atom is 0.321 e. The molecule has 1 fully saturated rings. The highest BCUT2D eigenvalue weighted by atomic mass is 32.1. The molecule has 1 aliphatic heterocycles. The molecule has 6 nitrogen and oxygen atoms in total. The number of anilines is 1. The Hall–Kier alpha value is -2.15. The Morgan fingerprint density at radius 2 is 2.17 bits per heavy atom. The smallest absolute Gasteiger partial charge is 0.321 e. The van der Waals surface area contributed by atoms with Crippen LogP contribution in [0.15, 0.2) is 24.3 Å². The lowest BCUT2D eigenvalue weighted by Crippen LogP contribution is -2.37. The summed E-state index contributed by atoms with van der Waals surface area (Å²) in [7, 11) is 0. The van der Waals surface area contributed by atoms with Crippen molar-refractivity contribution in [3.05, 3.63) is 34.8 Å². The molecule has 120 valence electrons. The Morgan fingerprint density at radius 1 is 1.30 bits per heavy atom. The third kappa shape index (κ3) is 3.44. The van der Waals surface area contributed by atoms with E-state index in [1.54, 1.807) is 0 Å². The van der Waals surface area contributed by atoms with Crippen LogP contribution in [0.4, 0.5) is 9.93 Å². The van der Waals surface area contributed by atoms with Gasteiger partial charge in [0.2, 0.25) is 5.13 Å². The second kappa shape index (κ2) is 6.16. The number of urea groups is 1. The van der Waals surface area contributed by atoms with E-state index in [0.29, 0.717) is 24.2 Å². The molecule has 0 radical (unpaired) electrons. The van der Waals surface area contributed by atoms with Gasteiger partial charge in [-0.15, -0.1) is 10.2 Å². The first-order chi connectivity index (χ1) is 11.3. The molecule has 1 aliphatic carbocycles. The minimum Gasteiger partial charge on any atom is -0.493 e. The van der Waals surface area contributed by atoms with E-state index >= 15 is 0 Å². The molecule has 7 heteroatoms. The van der Waals surface area contributed by atoms with Crippen molar-refractivity contribution in [2.75, 3.05) is 18.5 Å². The van der Waals surface area contributed by atoms with Crippen molar-refractivity contribution in [2.24, 2.45) is 5.92 Å². The lowest BCUT2D eigenvalue weighted by molar-refractivity contribution is 0.215. The molecule has 4 rings (SSSR count). The molecule has 2 N–H and O–H groups in total. The molecular weight excluding hydrogens is 312 g/mol. The Labute approximate surface area is 138 Å². The summed E-state index contributed by atoms with van der Waals surface area (Å²) >= 11 is 1.47. The number of carbonyl (C=O) groups is 1. The number of fused-ring (bicyclic) bond motifs is 1. The number of para-hydroxylation sites is 1. The van der Waals surface area contributed by atoms with Crippen molar-refractivity contribution in [1.82, 2.24) is 15.5 Å². The summed E-state index contributed by atoms with van der Waals surface area (Å²) in [5.41, 5.74) is 1.20. The standard InChI is InChI=1S/C16H18N4O2S/c21-15(18-16-20-19-14(23-16)11-5-6-11)17-8-10-7-12-3-1-2-4-13(12)22-9-10/h1-4,10-11H,5-9H2,(H2,17,18,20,21)/t10-/m1/s1. The minimum atomic E-state index is -0.234. The third-order valence-electron chi connectivity index (χ3n) is 4.09. The highest BCUT2D eigenvalue weighted by Gasteiger charge is 2.27. The van der Waals surface area contributed by atoms with Crippen molar-refractivity contribution in [1.29, 1.82) is 0 Å². The number of hydrogen-bond donors (Lipinski definition) is 2. The van der Waals surface area contributed by atoms with E-state index in [9.17, 15) is 4.79 Å². The first kappa shape index (κ1) is 14.4. The Bertz CT molecular complexity index is 714. The Morgan fingerprint density at radius 3 is 3.04 bits per heavy atom. The van der Waals surface area contributed by atoms with Gasteiger partial charge in [-0.3, -0.25) is 5.32 Å². The zero-order valence-corrected chi connectivity index (χ0v) is 13.4. The van der Waals surface area contributed by atoms with Crippen molar-refractivity contribution < 1.29 is 9.53 Å². The lowest BCUT2D eigenvalue weighted by atomic mass is 9.97. The second-order valence-corrected chi connectivity index (χ2v) is 7.05. The van der Waals surface area contributed by atoms with Crippen LogP contribution in [0.25, 0.3) is 0 Å². The largest absolute Gasteiger partial charge is 0.493 e. The van der Waals surface area contributed by atoms with Gasteiger partial charge in [0.15, 0.2) is 0 Å². The number of nitrogens with one attached hydrogen (secondary N) is 2. The van der Waals surface area contributed by atoms with Crippen molar-refractivity contribution in [3.63, 3.8) is 0 Å². The average Bonchev–Trinajstić information content (AvgIpc) is 3.33. The Balaban J connectivity index is 1.26. The maximum atomic E-state index is 12.0. The molecule has 2 heterocycles. The van der Waals surface area contributed by atoms with Gasteiger partial charge in [-0.05, 0) is 30.9 Å². The highest BCUT2D eigenvalue weighted by molar-refractivity contribution is 7.15. The predicted octanol–water partition coefficient (Wildman–Crippen LogP) is 2.79. The first-order valence-corrected chi connectivity index (χ1v) is 8.68. The van der Waals surface area contributed by atoms with Crippen LogP contribution in [0.3, 0.4) is 0 Å². The monoisotopic (exact) mass is 330 g/mol. The van der Waals surface area contributed by atoms with E-state index < -0.39 is 0 Å². The van der Waals surface area contributed by atoms with Gasteiger partial charge in [-0.25, -0.2) is 4.79 Å². The summed E-state index contributed by atoms with van der Waals surface area (Å²) in [6.45, 7) is 1.20. The SMILES string of the molecule is O=C(NC[C@@H]1COc2ccccc2C1)Nc1nnc(C2CC2)s1. The number of aromatic nitrogens is 2. The summed E-state index contributed by atoms with van der Waals surface area (Å²) in [5.74, 6) is 1.80. The van der Waals surface area contributed by atoms with Crippen molar-refractivity contribution >= 4 is 22.5 Å². The van der Waals surface area contributed by atoms with E-state index in [4.69, 9.17) is 4.74 Å². The summed E-state index contributed by atoms with van der Waals surface area (Å²) < 4.78 is 5.73. The second-order valence-electron chi connectivity index (χ2n) is 6.04. The zero-order valence-electron chi connectivity index (χ0n) is 12.6. The molecule has 23 heavy (non-hydrogen) atoms. The molecule has 2 aliphatic rings. The fourth-order valence-electron chi connectivity index (χ4n) is 2.68. The fraction of sp³-hybridized carbons (Fsp3) is 0.438. The average molecular weight is 330 g/mol. The van der Waals surface area contributed by atoms with Crippen molar-refractivity contribution in [3.8, 4) is 5.75 Å². The number of ether oxygens (including phenoxy) is 1. The van der Waals surface area contributed by atoms with E-state index in [1.165, 1.54) is 29.7 Å². The quantitative estimate of drug-likeness (QED) is 0.904. The molecule has 1 aromatic heterocycles. The third-order valence-corrected chi connectivity index (χ3v) is 5.10. The highest BCUT2D eigenvalue weighted by Crippen LogP contribution is 2.42. The van der Waals surface area contributed by atoms with Gasteiger partial charge in [-0.2, -0.15) is 0 Å². The minimum absolute atomic E-state index is 0.234. The number of carbonyl (C=O) groups excluding carboxylic acids is 1. The van der Waals surface area contributed by atoms with Crippen molar-refractivity contribution in [2.45, 2.75) is 25.2 Å². The number of hydrogen-bond acceptors (Lipinski definition) is 5. The molecule has 1 atom stereocenters. The number of nitrogens with zero attached hydrogens (tertiary/aromatic N) is 2. The molecule has 1 aromatic carbocycles. The molecule has 0 bridgehead atoms. The maximum absolute atomic E-state index is 12.0. The fourth-order valence-corrected chi connectivity index (χ4v) is 3.59. The van der Waals surface area contributed by atoms with E-state index in [1.807, 2.05) is 18.2 Å². The molecule has 0 saturated heterocycles. The van der Waals surface area contributed by atoms with E-state index in [0.717, 1.165) is 17.2 Å². The van der Waals surface area contributed by atoms with Crippen LogP contribution >= 0.6 is 11.3 Å². The number of amides is 2. The molecule has 2 amide bonds. The number of rotatable bonds is 4. The van der Waals surface area contributed by atoms with Gasteiger partial charge in [-0.1, -0.05) is 29.5 Å². The van der Waals surface area contributed by atoms with Crippen LogP contribution in [-0.2, 0) is 6.42 Å². The van der Waals surface area contributed by atoms with E-state index in [2.05, 4.69) is 26.9 Å². The van der Waals surface area contributed by atoms with Crippen LogP contribution in [0.2, 0.25) is 0 Å². The van der Waals surface area contributed by atoms with Crippen LogP contribution in [0.5, 0.6) is 5.75 Å². The van der Waals surface area contributed by atoms with E-state index in [-0.39, 0.29) is 11.9 Å². The van der Waals surface area contributed by atoms with Gasteiger partial charge in [0, 0.05) is 18.4 Å².